The van der Waals surface area contributed by atoms with Gasteiger partial charge in [-0.15, -0.1) is 0 Å². The Balaban J connectivity index is 2.13. The second-order valence-electron chi connectivity index (χ2n) is 5.93. The third-order valence-electron chi connectivity index (χ3n) is 3.80. The van der Waals surface area contributed by atoms with Gasteiger partial charge in [-0.05, 0) is 36.2 Å². The zero-order valence-corrected chi connectivity index (χ0v) is 14.4. The Hall–Kier alpha value is -2.44. The summed E-state index contributed by atoms with van der Waals surface area (Å²) in [6.07, 6.45) is 0. The Morgan fingerprint density at radius 3 is 2.17 bits per heavy atom. The standard InChI is InChI=1S/C18H19N3O2S/c1-13(2)17-12-18(14-6-4-3-5-7-14)21(20-17)15-8-10-16(11-9-15)24(19,22)23/h3-13H,1-2H3,(H2,19,22,23). The highest BCUT2D eigenvalue weighted by atomic mass is 32.2. The molecule has 0 unspecified atom stereocenters. The van der Waals surface area contributed by atoms with E-state index in [0.29, 0.717) is 0 Å². The fraction of sp³-hybridized carbons (Fsp3) is 0.167. The Morgan fingerprint density at radius 1 is 1.00 bits per heavy atom. The minimum atomic E-state index is -3.70. The number of nitrogens with zero attached hydrogens (tertiary/aromatic N) is 2. The van der Waals surface area contributed by atoms with Crippen LogP contribution in [0.2, 0.25) is 0 Å². The molecule has 0 bridgehead atoms. The first-order valence-electron chi connectivity index (χ1n) is 7.65. The van der Waals surface area contributed by atoms with Gasteiger partial charge in [0.1, 0.15) is 0 Å². The molecule has 0 spiro atoms. The summed E-state index contributed by atoms with van der Waals surface area (Å²) in [5.74, 6) is 0.289. The highest BCUT2D eigenvalue weighted by molar-refractivity contribution is 7.89. The number of primary sulfonamides is 1. The first-order valence-corrected chi connectivity index (χ1v) is 9.19. The van der Waals surface area contributed by atoms with Crippen molar-refractivity contribution in [1.29, 1.82) is 0 Å². The first kappa shape index (κ1) is 16.4. The van der Waals surface area contributed by atoms with Gasteiger partial charge >= 0.3 is 0 Å². The third-order valence-corrected chi connectivity index (χ3v) is 4.73. The van der Waals surface area contributed by atoms with Crippen LogP contribution in [0.15, 0.2) is 65.6 Å². The molecular weight excluding hydrogens is 322 g/mol. The van der Waals surface area contributed by atoms with Crippen molar-refractivity contribution in [2.75, 3.05) is 0 Å². The van der Waals surface area contributed by atoms with E-state index in [1.54, 1.807) is 12.1 Å². The van der Waals surface area contributed by atoms with Gasteiger partial charge in [0.25, 0.3) is 0 Å². The van der Waals surface area contributed by atoms with Crippen molar-refractivity contribution < 1.29 is 8.42 Å². The molecule has 0 aliphatic heterocycles. The molecule has 5 nitrogen and oxygen atoms in total. The molecule has 0 amide bonds. The van der Waals surface area contributed by atoms with Gasteiger partial charge in [-0.1, -0.05) is 44.2 Å². The van der Waals surface area contributed by atoms with Crippen LogP contribution in [0.3, 0.4) is 0 Å². The minimum Gasteiger partial charge on any atom is -0.233 e. The molecule has 0 aliphatic carbocycles. The van der Waals surface area contributed by atoms with Crippen LogP contribution in [0.4, 0.5) is 0 Å². The number of sulfonamides is 1. The second kappa shape index (κ2) is 6.22. The van der Waals surface area contributed by atoms with Crippen molar-refractivity contribution in [1.82, 2.24) is 9.78 Å². The average Bonchev–Trinajstić information content (AvgIpc) is 3.00. The summed E-state index contributed by atoms with van der Waals surface area (Å²) in [5.41, 5.74) is 3.77. The SMILES string of the molecule is CC(C)c1cc(-c2ccccc2)n(-c2ccc(S(N)(=O)=O)cc2)n1. The van der Waals surface area contributed by atoms with Crippen molar-refractivity contribution in [3.63, 3.8) is 0 Å². The lowest BCUT2D eigenvalue weighted by molar-refractivity contribution is 0.598. The normalized spacial score (nSPS) is 11.8. The molecule has 24 heavy (non-hydrogen) atoms. The summed E-state index contributed by atoms with van der Waals surface area (Å²) in [6, 6.07) is 18.4. The summed E-state index contributed by atoms with van der Waals surface area (Å²) in [6.45, 7) is 4.18. The van der Waals surface area contributed by atoms with E-state index in [1.165, 1.54) is 12.1 Å². The van der Waals surface area contributed by atoms with E-state index in [1.807, 2.05) is 35.0 Å². The maximum absolute atomic E-state index is 11.4. The molecule has 0 radical (unpaired) electrons. The molecule has 0 aliphatic rings. The number of rotatable bonds is 4. The summed E-state index contributed by atoms with van der Waals surface area (Å²) < 4.78 is 24.7. The molecule has 1 aromatic heterocycles. The minimum absolute atomic E-state index is 0.0868. The van der Waals surface area contributed by atoms with Crippen LogP contribution < -0.4 is 5.14 Å². The quantitative estimate of drug-likeness (QED) is 0.791. The molecule has 0 fully saturated rings. The monoisotopic (exact) mass is 341 g/mol. The van der Waals surface area contributed by atoms with Gasteiger partial charge in [-0.2, -0.15) is 5.10 Å². The zero-order chi connectivity index (χ0) is 17.3. The number of hydrogen-bond acceptors (Lipinski definition) is 3. The van der Waals surface area contributed by atoms with E-state index in [9.17, 15) is 8.42 Å². The Labute approximate surface area is 141 Å². The van der Waals surface area contributed by atoms with Gasteiger partial charge < -0.3 is 0 Å². The molecular formula is C18H19N3O2S. The van der Waals surface area contributed by atoms with Gasteiger partial charge in [0.05, 0.1) is 22.0 Å². The van der Waals surface area contributed by atoms with E-state index >= 15 is 0 Å². The number of hydrogen-bond donors (Lipinski definition) is 1. The zero-order valence-electron chi connectivity index (χ0n) is 13.5. The molecule has 3 rings (SSSR count). The van der Waals surface area contributed by atoms with E-state index in [0.717, 1.165) is 22.6 Å². The highest BCUT2D eigenvalue weighted by Crippen LogP contribution is 2.27. The number of aromatic nitrogens is 2. The molecule has 3 aromatic rings. The van der Waals surface area contributed by atoms with Crippen LogP contribution in [-0.4, -0.2) is 18.2 Å². The van der Waals surface area contributed by atoms with Crippen LogP contribution in [0.25, 0.3) is 16.9 Å². The largest absolute Gasteiger partial charge is 0.238 e. The summed E-state index contributed by atoms with van der Waals surface area (Å²) in [5, 5.41) is 9.84. The van der Waals surface area contributed by atoms with Crippen molar-refractivity contribution in [3.8, 4) is 16.9 Å². The maximum atomic E-state index is 11.4. The lowest BCUT2D eigenvalue weighted by Gasteiger charge is -2.08. The number of nitrogens with two attached hydrogens (primary N) is 1. The predicted molar refractivity (Wildman–Crippen MR) is 94.5 cm³/mol. The Kier molecular flexibility index (Phi) is 4.26. The molecule has 1 heterocycles. The van der Waals surface area contributed by atoms with Crippen LogP contribution in [-0.2, 0) is 10.0 Å². The van der Waals surface area contributed by atoms with E-state index in [4.69, 9.17) is 5.14 Å². The van der Waals surface area contributed by atoms with Gasteiger partial charge in [0.2, 0.25) is 10.0 Å². The van der Waals surface area contributed by atoms with Gasteiger partial charge in [-0.3, -0.25) is 0 Å². The van der Waals surface area contributed by atoms with Crippen LogP contribution in [0.5, 0.6) is 0 Å². The Bertz CT molecular complexity index is 944. The first-order chi connectivity index (χ1) is 11.4. The van der Waals surface area contributed by atoms with Crippen LogP contribution in [0.1, 0.15) is 25.5 Å². The fourth-order valence-electron chi connectivity index (χ4n) is 2.47. The van der Waals surface area contributed by atoms with Crippen molar-refractivity contribution in [3.05, 3.63) is 66.4 Å². The molecule has 0 saturated heterocycles. The third kappa shape index (κ3) is 3.25. The molecule has 124 valence electrons. The van der Waals surface area contributed by atoms with E-state index in [-0.39, 0.29) is 10.8 Å². The average molecular weight is 341 g/mol. The van der Waals surface area contributed by atoms with E-state index < -0.39 is 10.0 Å². The molecule has 0 atom stereocenters. The topological polar surface area (TPSA) is 78.0 Å². The second-order valence-corrected chi connectivity index (χ2v) is 7.49. The van der Waals surface area contributed by atoms with Gasteiger partial charge in [0.15, 0.2) is 0 Å². The lowest BCUT2D eigenvalue weighted by Crippen LogP contribution is -2.12. The summed E-state index contributed by atoms with van der Waals surface area (Å²) in [4.78, 5) is 0.0868. The maximum Gasteiger partial charge on any atom is 0.238 e. The van der Waals surface area contributed by atoms with Crippen LogP contribution >= 0.6 is 0 Å². The summed E-state index contributed by atoms with van der Waals surface area (Å²) >= 11 is 0. The lowest BCUT2D eigenvalue weighted by atomic mass is 10.1. The smallest absolute Gasteiger partial charge is 0.233 e. The predicted octanol–water partition coefficient (Wildman–Crippen LogP) is 3.31. The molecule has 2 aromatic carbocycles. The van der Waals surface area contributed by atoms with Gasteiger partial charge in [-0.25, -0.2) is 18.2 Å². The molecule has 6 heteroatoms. The van der Waals surface area contributed by atoms with E-state index in [2.05, 4.69) is 25.0 Å². The van der Waals surface area contributed by atoms with Crippen molar-refractivity contribution >= 4 is 10.0 Å². The molecule has 2 N–H and O–H groups in total. The summed E-state index contributed by atoms with van der Waals surface area (Å²) in [7, 11) is -3.70. The number of benzene rings is 2. The van der Waals surface area contributed by atoms with Crippen LogP contribution in [0, 0.1) is 0 Å². The highest BCUT2D eigenvalue weighted by Gasteiger charge is 2.14. The van der Waals surface area contributed by atoms with Crippen molar-refractivity contribution in [2.45, 2.75) is 24.7 Å². The Morgan fingerprint density at radius 2 is 1.62 bits per heavy atom. The van der Waals surface area contributed by atoms with Crippen molar-refractivity contribution in [2.24, 2.45) is 5.14 Å². The molecule has 0 saturated carbocycles. The van der Waals surface area contributed by atoms with Gasteiger partial charge in [0, 0.05) is 5.56 Å². The fourth-order valence-corrected chi connectivity index (χ4v) is 2.99.